The third-order valence-electron chi connectivity index (χ3n) is 2.66. The van der Waals surface area contributed by atoms with Gasteiger partial charge in [0.25, 0.3) is 0 Å². The second-order valence-corrected chi connectivity index (χ2v) is 3.81. The van der Waals surface area contributed by atoms with E-state index in [0.29, 0.717) is 0 Å². The van der Waals surface area contributed by atoms with E-state index >= 15 is 0 Å². The molecule has 0 radical (unpaired) electrons. The van der Waals surface area contributed by atoms with Crippen LogP contribution in [0.25, 0.3) is 17.2 Å². The Morgan fingerprint density at radius 3 is 2.65 bits per heavy atom. The van der Waals surface area contributed by atoms with Crippen molar-refractivity contribution in [3.8, 4) is 11.1 Å². The van der Waals surface area contributed by atoms with Gasteiger partial charge in [-0.25, -0.2) is 0 Å². The molecule has 0 bridgehead atoms. The monoisotopic (exact) mass is 225 g/mol. The van der Waals surface area contributed by atoms with Gasteiger partial charge in [-0.05, 0) is 24.1 Å². The summed E-state index contributed by atoms with van der Waals surface area (Å²) >= 11 is 0. The Labute approximate surface area is 101 Å². The van der Waals surface area contributed by atoms with Gasteiger partial charge in [0.1, 0.15) is 0 Å². The van der Waals surface area contributed by atoms with E-state index in [4.69, 9.17) is 5.11 Å². The van der Waals surface area contributed by atoms with Gasteiger partial charge in [0.2, 0.25) is 0 Å². The summed E-state index contributed by atoms with van der Waals surface area (Å²) in [5, 5.41) is 8.87. The fraction of sp³-hybridized carbons (Fsp3) is 0.133. The molecule has 1 N–H and O–H groups in total. The fourth-order valence-corrected chi connectivity index (χ4v) is 1.83. The lowest BCUT2D eigenvalue weighted by Gasteiger charge is -2.08. The molecule has 0 unspecified atom stereocenters. The molecule has 1 aromatic carbocycles. The molecule has 86 valence electrons. The first kappa shape index (κ1) is 11.6. The first-order valence-electron chi connectivity index (χ1n) is 5.61. The summed E-state index contributed by atoms with van der Waals surface area (Å²) in [5.74, 6) is 0. The predicted octanol–water partition coefficient (Wildman–Crippen LogP) is 3.06. The maximum Gasteiger partial charge on any atom is 0.0615 e. The second kappa shape index (κ2) is 5.41. The van der Waals surface area contributed by atoms with Crippen molar-refractivity contribution in [3.05, 3.63) is 59.9 Å². The van der Waals surface area contributed by atoms with Gasteiger partial charge in [-0.2, -0.15) is 0 Å². The number of aliphatic hydroxyl groups is 1. The Bertz CT molecular complexity index is 518. The minimum Gasteiger partial charge on any atom is -0.392 e. The SMILES string of the molecule is Cc1nccc(-c2ccccc2)c1C=CCO. The normalized spacial score (nSPS) is 10.9. The molecular weight excluding hydrogens is 210 g/mol. The summed E-state index contributed by atoms with van der Waals surface area (Å²) in [6.45, 7) is 2.02. The highest BCUT2D eigenvalue weighted by Gasteiger charge is 2.05. The highest BCUT2D eigenvalue weighted by Crippen LogP contribution is 2.25. The molecule has 2 nitrogen and oxygen atoms in total. The molecular formula is C15H15NO. The molecule has 1 aromatic heterocycles. The van der Waals surface area contributed by atoms with E-state index < -0.39 is 0 Å². The van der Waals surface area contributed by atoms with E-state index in [1.54, 1.807) is 6.08 Å². The average Bonchev–Trinajstić information content (AvgIpc) is 2.38. The molecule has 0 spiro atoms. The van der Waals surface area contributed by atoms with E-state index in [2.05, 4.69) is 17.1 Å². The molecule has 0 fully saturated rings. The Kier molecular flexibility index (Phi) is 3.68. The zero-order valence-corrected chi connectivity index (χ0v) is 9.80. The van der Waals surface area contributed by atoms with Gasteiger partial charge < -0.3 is 5.11 Å². The standard InChI is InChI=1S/C15H15NO/c1-12-14(8-5-11-17)15(9-10-16-12)13-6-3-2-4-7-13/h2-10,17H,11H2,1H3. The van der Waals surface area contributed by atoms with Crippen LogP contribution >= 0.6 is 0 Å². The number of aliphatic hydroxyl groups excluding tert-OH is 1. The Hall–Kier alpha value is -1.93. The molecule has 0 atom stereocenters. The molecule has 0 aliphatic carbocycles. The van der Waals surface area contributed by atoms with Crippen molar-refractivity contribution in [2.45, 2.75) is 6.92 Å². The summed E-state index contributed by atoms with van der Waals surface area (Å²) in [5.41, 5.74) is 4.34. The minimum atomic E-state index is 0.0442. The molecule has 0 aliphatic heterocycles. The Balaban J connectivity index is 2.54. The molecule has 0 saturated heterocycles. The molecule has 0 amide bonds. The first-order chi connectivity index (χ1) is 8.33. The fourth-order valence-electron chi connectivity index (χ4n) is 1.83. The number of hydrogen-bond acceptors (Lipinski definition) is 2. The molecule has 17 heavy (non-hydrogen) atoms. The number of nitrogens with zero attached hydrogens (tertiary/aromatic N) is 1. The third-order valence-corrected chi connectivity index (χ3v) is 2.66. The largest absolute Gasteiger partial charge is 0.392 e. The van der Waals surface area contributed by atoms with Crippen LogP contribution in [-0.4, -0.2) is 16.7 Å². The maximum atomic E-state index is 8.87. The van der Waals surface area contributed by atoms with Gasteiger partial charge in [0.15, 0.2) is 0 Å². The first-order valence-corrected chi connectivity index (χ1v) is 5.61. The van der Waals surface area contributed by atoms with Crippen molar-refractivity contribution in [2.75, 3.05) is 6.61 Å². The lowest BCUT2D eigenvalue weighted by Crippen LogP contribution is -1.91. The third kappa shape index (κ3) is 2.60. The smallest absolute Gasteiger partial charge is 0.0615 e. The highest BCUT2D eigenvalue weighted by molar-refractivity contribution is 5.76. The van der Waals surface area contributed by atoms with Crippen LogP contribution in [0.5, 0.6) is 0 Å². The van der Waals surface area contributed by atoms with Crippen molar-refractivity contribution in [1.29, 1.82) is 0 Å². The van der Waals surface area contributed by atoms with Gasteiger partial charge in [-0.15, -0.1) is 0 Å². The zero-order chi connectivity index (χ0) is 12.1. The number of rotatable bonds is 3. The summed E-state index contributed by atoms with van der Waals surface area (Å²) in [6, 6.07) is 12.2. The molecule has 1 heterocycles. The van der Waals surface area contributed by atoms with Crippen LogP contribution < -0.4 is 0 Å². The Morgan fingerprint density at radius 1 is 1.18 bits per heavy atom. The Morgan fingerprint density at radius 2 is 1.94 bits per heavy atom. The van der Waals surface area contributed by atoms with Gasteiger partial charge in [-0.1, -0.05) is 42.5 Å². The topological polar surface area (TPSA) is 33.1 Å². The van der Waals surface area contributed by atoms with Gasteiger partial charge in [0, 0.05) is 17.5 Å². The zero-order valence-electron chi connectivity index (χ0n) is 9.80. The van der Waals surface area contributed by atoms with Crippen LogP contribution in [0.3, 0.4) is 0 Å². The predicted molar refractivity (Wildman–Crippen MR) is 70.5 cm³/mol. The molecule has 0 aliphatic rings. The molecule has 0 saturated carbocycles. The van der Waals surface area contributed by atoms with E-state index in [1.807, 2.05) is 43.5 Å². The number of benzene rings is 1. The number of aryl methyl sites for hydroxylation is 1. The number of aromatic nitrogens is 1. The van der Waals surface area contributed by atoms with E-state index in [-0.39, 0.29) is 6.61 Å². The van der Waals surface area contributed by atoms with E-state index in [0.717, 1.165) is 22.4 Å². The van der Waals surface area contributed by atoms with Crippen LogP contribution in [0.1, 0.15) is 11.3 Å². The van der Waals surface area contributed by atoms with Crippen LogP contribution in [0.15, 0.2) is 48.7 Å². The van der Waals surface area contributed by atoms with Gasteiger partial charge >= 0.3 is 0 Å². The average molecular weight is 225 g/mol. The quantitative estimate of drug-likeness (QED) is 0.870. The van der Waals surface area contributed by atoms with Crippen molar-refractivity contribution in [2.24, 2.45) is 0 Å². The lowest BCUT2D eigenvalue weighted by molar-refractivity contribution is 0.343. The van der Waals surface area contributed by atoms with Gasteiger partial charge in [-0.3, -0.25) is 4.98 Å². The molecule has 2 aromatic rings. The van der Waals surface area contributed by atoms with Crippen LogP contribution in [0, 0.1) is 6.92 Å². The van der Waals surface area contributed by atoms with Crippen molar-refractivity contribution in [1.82, 2.24) is 4.98 Å². The van der Waals surface area contributed by atoms with Crippen molar-refractivity contribution in [3.63, 3.8) is 0 Å². The van der Waals surface area contributed by atoms with E-state index in [1.165, 1.54) is 0 Å². The minimum absolute atomic E-state index is 0.0442. The molecule has 2 rings (SSSR count). The maximum absolute atomic E-state index is 8.87. The van der Waals surface area contributed by atoms with E-state index in [9.17, 15) is 0 Å². The number of pyridine rings is 1. The number of hydrogen-bond donors (Lipinski definition) is 1. The highest BCUT2D eigenvalue weighted by atomic mass is 16.2. The second-order valence-electron chi connectivity index (χ2n) is 3.81. The van der Waals surface area contributed by atoms with Crippen LogP contribution in [0.4, 0.5) is 0 Å². The van der Waals surface area contributed by atoms with Crippen molar-refractivity contribution < 1.29 is 5.11 Å². The lowest BCUT2D eigenvalue weighted by atomic mass is 9.99. The summed E-state index contributed by atoms with van der Waals surface area (Å²) in [7, 11) is 0. The summed E-state index contributed by atoms with van der Waals surface area (Å²) in [6.07, 6.45) is 5.47. The summed E-state index contributed by atoms with van der Waals surface area (Å²) in [4.78, 5) is 4.29. The van der Waals surface area contributed by atoms with Crippen LogP contribution in [0.2, 0.25) is 0 Å². The van der Waals surface area contributed by atoms with Crippen LogP contribution in [-0.2, 0) is 0 Å². The molecule has 2 heteroatoms. The summed E-state index contributed by atoms with van der Waals surface area (Å²) < 4.78 is 0. The van der Waals surface area contributed by atoms with Crippen molar-refractivity contribution >= 4 is 6.08 Å². The van der Waals surface area contributed by atoms with Gasteiger partial charge in [0.05, 0.1) is 6.61 Å².